The third kappa shape index (κ3) is 6.28. The van der Waals surface area contributed by atoms with Crippen molar-refractivity contribution in [1.29, 1.82) is 0 Å². The van der Waals surface area contributed by atoms with Gasteiger partial charge >= 0.3 is 5.97 Å². The number of carboxylic acid groups (broad SMARTS) is 1. The molecule has 0 amide bonds. The maximum absolute atomic E-state index is 11.4. The second-order valence-electron chi connectivity index (χ2n) is 8.29. The van der Waals surface area contributed by atoms with Gasteiger partial charge in [-0.3, -0.25) is 9.69 Å². The summed E-state index contributed by atoms with van der Waals surface area (Å²) in [6.07, 6.45) is 1.65. The number of hydrogen-bond acceptors (Lipinski definition) is 7. The average molecular weight is 498 g/mol. The molecule has 4 rings (SSSR count). The summed E-state index contributed by atoms with van der Waals surface area (Å²) >= 11 is 7.28. The number of hydrogen-bond donors (Lipinski definition) is 1. The van der Waals surface area contributed by atoms with Crippen molar-refractivity contribution >= 4 is 29.3 Å². The molecule has 0 atom stereocenters. The summed E-state index contributed by atoms with van der Waals surface area (Å²) in [5.74, 6) is 0.912. The molecule has 2 heterocycles. The highest BCUT2D eigenvalue weighted by molar-refractivity contribution is 8.01. The van der Waals surface area contributed by atoms with Gasteiger partial charge in [0.1, 0.15) is 10.5 Å². The van der Waals surface area contributed by atoms with Gasteiger partial charge in [-0.05, 0) is 67.9 Å². The van der Waals surface area contributed by atoms with E-state index in [1.54, 1.807) is 32.2 Å². The van der Waals surface area contributed by atoms with Crippen LogP contribution in [0, 0.1) is 0 Å². The lowest BCUT2D eigenvalue weighted by Crippen LogP contribution is -2.26. The Morgan fingerprint density at radius 3 is 2.41 bits per heavy atom. The van der Waals surface area contributed by atoms with Gasteiger partial charge in [-0.1, -0.05) is 23.7 Å². The van der Waals surface area contributed by atoms with Gasteiger partial charge < -0.3 is 13.9 Å². The Morgan fingerprint density at radius 1 is 1.03 bits per heavy atom. The van der Waals surface area contributed by atoms with Crippen molar-refractivity contribution in [2.45, 2.75) is 43.1 Å². The number of thioether (sulfide) groups is 1. The molecule has 0 radical (unpaired) electrons. The number of halogens is 1. The van der Waals surface area contributed by atoms with Crippen molar-refractivity contribution in [3.8, 4) is 11.5 Å². The van der Waals surface area contributed by atoms with Crippen molar-refractivity contribution in [2.24, 2.45) is 0 Å². The van der Waals surface area contributed by atoms with E-state index in [9.17, 15) is 9.90 Å². The zero-order valence-electron chi connectivity index (χ0n) is 18.8. The lowest BCUT2D eigenvalue weighted by atomic mass is 10.2. The lowest BCUT2D eigenvalue weighted by molar-refractivity contribution is -0.138. The van der Waals surface area contributed by atoms with E-state index in [-0.39, 0.29) is 0 Å². The van der Waals surface area contributed by atoms with Gasteiger partial charge in [0.15, 0.2) is 0 Å². The van der Waals surface area contributed by atoms with Crippen LogP contribution in [0.2, 0.25) is 5.02 Å². The van der Waals surface area contributed by atoms with Gasteiger partial charge in [0.25, 0.3) is 0 Å². The fourth-order valence-corrected chi connectivity index (χ4v) is 4.34. The van der Waals surface area contributed by atoms with Crippen LogP contribution < -0.4 is 0 Å². The average Bonchev–Trinajstić information content (AvgIpc) is 3.48. The first kappa shape index (κ1) is 24.1. The van der Waals surface area contributed by atoms with E-state index in [4.69, 9.17) is 20.4 Å². The standard InChI is InChI=1S/C25H24ClN3O4S/c1-25(2,24(30)31)34-21-11-5-17(6-12-21)14-29(15-20-4-3-13-32-20)16-22-27-28-23(33-22)18-7-9-19(26)10-8-18/h3-13H,14-16H2,1-2H3,(H,30,31). The van der Waals surface area contributed by atoms with E-state index >= 15 is 0 Å². The summed E-state index contributed by atoms with van der Waals surface area (Å²) in [7, 11) is 0. The third-order valence-electron chi connectivity index (χ3n) is 5.09. The molecule has 0 saturated heterocycles. The smallest absolute Gasteiger partial charge is 0.319 e. The minimum Gasteiger partial charge on any atom is -0.480 e. The normalized spacial score (nSPS) is 11.8. The number of rotatable bonds is 10. The van der Waals surface area contributed by atoms with Crippen LogP contribution in [0.25, 0.3) is 11.5 Å². The maximum Gasteiger partial charge on any atom is 0.319 e. The number of benzene rings is 2. The number of aliphatic carboxylic acids is 1. The molecule has 0 unspecified atom stereocenters. The number of aromatic nitrogens is 2. The zero-order chi connectivity index (χ0) is 24.1. The zero-order valence-corrected chi connectivity index (χ0v) is 20.3. The van der Waals surface area contributed by atoms with Crippen LogP contribution in [0.4, 0.5) is 0 Å². The monoisotopic (exact) mass is 497 g/mol. The minimum absolute atomic E-state index is 0.434. The lowest BCUT2D eigenvalue weighted by Gasteiger charge is -2.21. The molecule has 4 aromatic rings. The van der Waals surface area contributed by atoms with Crippen LogP contribution in [0.5, 0.6) is 0 Å². The Labute approximate surface area is 206 Å². The van der Waals surface area contributed by atoms with Gasteiger partial charge in [-0.25, -0.2) is 0 Å². The van der Waals surface area contributed by atoms with Crippen molar-refractivity contribution in [2.75, 3.05) is 0 Å². The fraction of sp³-hybridized carbons (Fsp3) is 0.240. The largest absolute Gasteiger partial charge is 0.480 e. The molecule has 1 N–H and O–H groups in total. The molecule has 176 valence electrons. The molecule has 2 aromatic heterocycles. The predicted octanol–water partition coefficient (Wildman–Crippen LogP) is 6.14. The fourth-order valence-electron chi connectivity index (χ4n) is 3.27. The third-order valence-corrected chi connectivity index (χ3v) is 6.54. The van der Waals surface area contributed by atoms with Gasteiger partial charge in [-0.2, -0.15) is 0 Å². The Morgan fingerprint density at radius 2 is 1.76 bits per heavy atom. The minimum atomic E-state index is -0.896. The van der Waals surface area contributed by atoms with E-state index in [0.717, 1.165) is 21.8 Å². The summed E-state index contributed by atoms with van der Waals surface area (Å²) in [6.45, 7) is 5.01. The van der Waals surface area contributed by atoms with Crippen LogP contribution in [-0.4, -0.2) is 30.9 Å². The van der Waals surface area contributed by atoms with E-state index in [1.165, 1.54) is 11.8 Å². The summed E-state index contributed by atoms with van der Waals surface area (Å²) in [4.78, 5) is 14.4. The Hall–Kier alpha value is -3.07. The first-order valence-electron chi connectivity index (χ1n) is 10.6. The molecule has 0 saturated carbocycles. The summed E-state index contributed by atoms with van der Waals surface area (Å²) < 4.78 is 10.5. The summed E-state index contributed by atoms with van der Waals surface area (Å²) in [5.41, 5.74) is 1.87. The van der Waals surface area contributed by atoms with Crippen molar-refractivity contribution in [3.05, 3.63) is 89.2 Å². The summed E-state index contributed by atoms with van der Waals surface area (Å²) in [6, 6.07) is 18.9. The molecule has 0 bridgehead atoms. The Balaban J connectivity index is 1.47. The van der Waals surface area contributed by atoms with Crippen molar-refractivity contribution in [3.63, 3.8) is 0 Å². The molecule has 0 aliphatic heterocycles. The number of carboxylic acids is 1. The number of nitrogens with zero attached hydrogens (tertiary/aromatic N) is 3. The van der Waals surface area contributed by atoms with Gasteiger partial charge in [0.05, 0.1) is 19.4 Å². The molecule has 9 heteroatoms. The number of furan rings is 1. The van der Waals surface area contributed by atoms with Crippen LogP contribution >= 0.6 is 23.4 Å². The second kappa shape index (κ2) is 10.5. The Kier molecular flexibility index (Phi) is 7.41. The summed E-state index contributed by atoms with van der Waals surface area (Å²) in [5, 5.41) is 18.4. The van der Waals surface area contributed by atoms with Crippen molar-refractivity contribution < 1.29 is 18.7 Å². The van der Waals surface area contributed by atoms with Gasteiger partial charge in [0, 0.05) is 22.0 Å². The molecule has 34 heavy (non-hydrogen) atoms. The van der Waals surface area contributed by atoms with Crippen LogP contribution in [0.15, 0.2) is 80.7 Å². The molecular formula is C25H24ClN3O4S. The van der Waals surface area contributed by atoms with Crippen molar-refractivity contribution in [1.82, 2.24) is 15.1 Å². The highest BCUT2D eigenvalue weighted by atomic mass is 35.5. The molecule has 0 aliphatic carbocycles. The van der Waals surface area contributed by atoms with E-state index < -0.39 is 10.7 Å². The molecular weight excluding hydrogens is 474 g/mol. The molecule has 0 fully saturated rings. The van der Waals surface area contributed by atoms with E-state index in [2.05, 4.69) is 15.1 Å². The quantitative estimate of drug-likeness (QED) is 0.261. The maximum atomic E-state index is 11.4. The van der Waals surface area contributed by atoms with Crippen LogP contribution in [0.1, 0.15) is 31.1 Å². The van der Waals surface area contributed by atoms with Gasteiger partial charge in [-0.15, -0.1) is 22.0 Å². The highest BCUT2D eigenvalue weighted by Gasteiger charge is 2.28. The molecule has 0 spiro atoms. The topological polar surface area (TPSA) is 92.6 Å². The van der Waals surface area contributed by atoms with E-state index in [1.807, 2.05) is 48.5 Å². The highest BCUT2D eigenvalue weighted by Crippen LogP contribution is 2.33. The van der Waals surface area contributed by atoms with Crippen LogP contribution in [-0.2, 0) is 24.4 Å². The molecule has 0 aliphatic rings. The first-order chi connectivity index (χ1) is 16.3. The first-order valence-corrected chi connectivity index (χ1v) is 11.8. The molecule has 7 nitrogen and oxygen atoms in total. The van der Waals surface area contributed by atoms with Gasteiger partial charge in [0.2, 0.25) is 11.8 Å². The Bertz CT molecular complexity index is 1220. The SMILES string of the molecule is CC(C)(Sc1ccc(CN(Cc2ccco2)Cc2nnc(-c3ccc(Cl)cc3)o2)cc1)C(=O)O. The van der Waals surface area contributed by atoms with Crippen LogP contribution in [0.3, 0.4) is 0 Å². The second-order valence-corrected chi connectivity index (χ2v) is 10.4. The molecule has 2 aromatic carbocycles. The van der Waals surface area contributed by atoms with E-state index in [0.29, 0.717) is 36.4 Å². The predicted molar refractivity (Wildman–Crippen MR) is 130 cm³/mol. The number of carbonyl (C=O) groups is 1.